The zero-order chi connectivity index (χ0) is 14.2. The highest BCUT2D eigenvalue weighted by Gasteiger charge is 2.34. The lowest BCUT2D eigenvalue weighted by Crippen LogP contribution is -2.47. The van der Waals surface area contributed by atoms with E-state index in [-0.39, 0.29) is 5.69 Å². The van der Waals surface area contributed by atoms with Crippen molar-refractivity contribution < 1.29 is 27.5 Å². The number of carbonyl (C=O) groups is 1. The van der Waals surface area contributed by atoms with E-state index in [1.165, 1.54) is 0 Å². The molecule has 0 saturated heterocycles. The van der Waals surface area contributed by atoms with Gasteiger partial charge >= 0.3 is 6.18 Å². The van der Waals surface area contributed by atoms with Crippen molar-refractivity contribution in [3.8, 4) is 0 Å². The lowest BCUT2D eigenvalue weighted by atomic mass is 10.1. The minimum atomic E-state index is -4.61. The Labute approximate surface area is 105 Å². The first kappa shape index (κ1) is 13.5. The molecule has 19 heavy (non-hydrogen) atoms. The Hall–Kier alpha value is -1.96. The fourth-order valence-corrected chi connectivity index (χ4v) is 1.60. The molecule has 2 atom stereocenters. The van der Waals surface area contributed by atoms with Crippen LogP contribution >= 0.6 is 0 Å². The predicted molar refractivity (Wildman–Crippen MR) is 56.8 cm³/mol. The highest BCUT2D eigenvalue weighted by Crippen LogP contribution is 2.29. The molecule has 0 aliphatic carbocycles. The number of aliphatic hydroxyl groups excluding tert-OH is 1. The van der Waals surface area contributed by atoms with Gasteiger partial charge in [0.15, 0.2) is 12.4 Å². The Kier molecular flexibility index (Phi) is 3.27. The van der Waals surface area contributed by atoms with E-state index < -0.39 is 30.2 Å². The average Bonchev–Trinajstić information content (AvgIpc) is 2.34. The standard InChI is InChI=1S/C11H8F4N2O2/c12-7-2-4-9(18)17(10(7)19)6-1-3-8(16-5-6)11(13,14)15/h1-5,7,10,19H. The highest BCUT2D eigenvalue weighted by atomic mass is 19.4. The van der Waals surface area contributed by atoms with Crippen molar-refractivity contribution >= 4 is 11.6 Å². The maximum Gasteiger partial charge on any atom is 0.433 e. The second-order valence-electron chi connectivity index (χ2n) is 3.82. The van der Waals surface area contributed by atoms with Crippen LogP contribution in [0.25, 0.3) is 0 Å². The van der Waals surface area contributed by atoms with Crippen molar-refractivity contribution in [2.75, 3.05) is 4.90 Å². The third-order valence-corrected chi connectivity index (χ3v) is 2.53. The van der Waals surface area contributed by atoms with Gasteiger partial charge in [-0.1, -0.05) is 0 Å². The Bertz CT molecular complexity index is 512. The van der Waals surface area contributed by atoms with E-state index in [2.05, 4.69) is 4.98 Å². The van der Waals surface area contributed by atoms with E-state index in [9.17, 15) is 27.5 Å². The molecule has 8 heteroatoms. The highest BCUT2D eigenvalue weighted by molar-refractivity contribution is 6.02. The fraction of sp³-hybridized carbons (Fsp3) is 0.273. The first-order valence-corrected chi connectivity index (χ1v) is 5.17. The number of aromatic nitrogens is 1. The summed E-state index contributed by atoms with van der Waals surface area (Å²) in [5.74, 6) is -0.733. The van der Waals surface area contributed by atoms with Crippen LogP contribution in [0.15, 0.2) is 30.5 Å². The first-order chi connectivity index (χ1) is 8.80. The molecule has 0 bridgehead atoms. The number of amides is 1. The number of hydrogen-bond acceptors (Lipinski definition) is 3. The number of halogens is 4. The van der Waals surface area contributed by atoms with Gasteiger partial charge < -0.3 is 5.11 Å². The number of carbonyl (C=O) groups excluding carboxylic acids is 1. The van der Waals surface area contributed by atoms with Crippen molar-refractivity contribution in [1.82, 2.24) is 4.98 Å². The summed E-state index contributed by atoms with van der Waals surface area (Å²) in [6, 6.07) is 1.60. The van der Waals surface area contributed by atoms with E-state index in [0.29, 0.717) is 11.0 Å². The Morgan fingerprint density at radius 3 is 2.53 bits per heavy atom. The van der Waals surface area contributed by atoms with E-state index in [1.54, 1.807) is 0 Å². The van der Waals surface area contributed by atoms with E-state index in [0.717, 1.165) is 24.4 Å². The number of hydrogen-bond donors (Lipinski definition) is 1. The van der Waals surface area contributed by atoms with Gasteiger partial charge in [0.1, 0.15) is 5.69 Å². The maximum absolute atomic E-state index is 13.2. The molecule has 1 aromatic rings. The van der Waals surface area contributed by atoms with Crippen LogP contribution in [0, 0.1) is 0 Å². The smallest absolute Gasteiger partial charge is 0.370 e. The summed E-state index contributed by atoms with van der Waals surface area (Å²) >= 11 is 0. The minimum absolute atomic E-state index is 0.113. The molecule has 1 aliphatic rings. The van der Waals surface area contributed by atoms with Gasteiger partial charge in [-0.05, 0) is 18.2 Å². The SMILES string of the molecule is O=C1C=CC(F)C(O)N1c1ccc(C(F)(F)F)nc1. The number of aliphatic hydroxyl groups is 1. The van der Waals surface area contributed by atoms with Crippen molar-refractivity contribution in [2.24, 2.45) is 0 Å². The minimum Gasteiger partial charge on any atom is -0.370 e. The topological polar surface area (TPSA) is 53.4 Å². The molecule has 2 heterocycles. The van der Waals surface area contributed by atoms with E-state index >= 15 is 0 Å². The molecule has 2 unspecified atom stereocenters. The molecule has 1 aliphatic heterocycles. The molecule has 2 rings (SSSR count). The molecule has 102 valence electrons. The number of alkyl halides is 4. The van der Waals surface area contributed by atoms with Gasteiger partial charge in [-0.15, -0.1) is 0 Å². The van der Waals surface area contributed by atoms with Crippen LogP contribution < -0.4 is 4.90 Å². The third-order valence-electron chi connectivity index (χ3n) is 2.53. The molecular formula is C11H8F4N2O2. The molecule has 0 aromatic carbocycles. The normalized spacial score (nSPS) is 23.8. The van der Waals surface area contributed by atoms with Gasteiger partial charge in [0.05, 0.1) is 11.9 Å². The number of anilines is 1. The maximum atomic E-state index is 13.2. The van der Waals surface area contributed by atoms with Crippen LogP contribution in [0.5, 0.6) is 0 Å². The van der Waals surface area contributed by atoms with Crippen LogP contribution in [0.2, 0.25) is 0 Å². The molecule has 0 fully saturated rings. The zero-order valence-corrected chi connectivity index (χ0v) is 9.30. The predicted octanol–water partition coefficient (Wildman–Crippen LogP) is 1.66. The Balaban J connectivity index is 2.32. The summed E-state index contributed by atoms with van der Waals surface area (Å²) in [5, 5.41) is 9.52. The summed E-state index contributed by atoms with van der Waals surface area (Å²) in [6.07, 6.45) is -5.66. The lowest BCUT2D eigenvalue weighted by Gasteiger charge is -2.30. The first-order valence-electron chi connectivity index (χ1n) is 5.17. The van der Waals surface area contributed by atoms with Gasteiger partial charge in [0.25, 0.3) is 5.91 Å². The Morgan fingerprint density at radius 2 is 2.00 bits per heavy atom. The molecule has 1 amide bonds. The summed E-state index contributed by atoms with van der Waals surface area (Å²) in [7, 11) is 0. The lowest BCUT2D eigenvalue weighted by molar-refractivity contribution is -0.141. The van der Waals surface area contributed by atoms with E-state index in [1.807, 2.05) is 0 Å². The van der Waals surface area contributed by atoms with Crippen LogP contribution in [0.4, 0.5) is 23.2 Å². The van der Waals surface area contributed by atoms with Gasteiger partial charge in [-0.25, -0.2) is 9.37 Å². The summed E-state index contributed by atoms with van der Waals surface area (Å²) in [4.78, 5) is 15.3. The summed E-state index contributed by atoms with van der Waals surface area (Å²) in [5.41, 5.74) is -1.25. The van der Waals surface area contributed by atoms with Crippen molar-refractivity contribution in [3.63, 3.8) is 0 Å². The van der Waals surface area contributed by atoms with Crippen LogP contribution in [-0.4, -0.2) is 28.4 Å². The van der Waals surface area contributed by atoms with Gasteiger partial charge in [-0.2, -0.15) is 13.2 Å². The molecule has 0 radical (unpaired) electrons. The molecule has 1 aromatic heterocycles. The molecule has 0 spiro atoms. The second-order valence-corrected chi connectivity index (χ2v) is 3.82. The van der Waals surface area contributed by atoms with Gasteiger partial charge in [0.2, 0.25) is 0 Å². The number of pyridine rings is 1. The van der Waals surface area contributed by atoms with Crippen molar-refractivity contribution in [1.29, 1.82) is 0 Å². The monoisotopic (exact) mass is 276 g/mol. The molecule has 1 N–H and O–H groups in total. The van der Waals surface area contributed by atoms with E-state index in [4.69, 9.17) is 0 Å². The quantitative estimate of drug-likeness (QED) is 0.794. The van der Waals surface area contributed by atoms with Crippen LogP contribution in [0.3, 0.4) is 0 Å². The summed E-state index contributed by atoms with van der Waals surface area (Å²) < 4.78 is 50.2. The molecule has 0 saturated carbocycles. The number of rotatable bonds is 1. The van der Waals surface area contributed by atoms with Crippen molar-refractivity contribution in [3.05, 3.63) is 36.2 Å². The fourth-order valence-electron chi connectivity index (χ4n) is 1.60. The molecular weight excluding hydrogens is 268 g/mol. The van der Waals surface area contributed by atoms with Gasteiger partial charge in [-0.3, -0.25) is 9.69 Å². The second kappa shape index (κ2) is 4.61. The van der Waals surface area contributed by atoms with Gasteiger partial charge in [0, 0.05) is 6.08 Å². The van der Waals surface area contributed by atoms with Crippen LogP contribution in [-0.2, 0) is 11.0 Å². The largest absolute Gasteiger partial charge is 0.433 e. The van der Waals surface area contributed by atoms with Crippen LogP contribution in [0.1, 0.15) is 5.69 Å². The summed E-state index contributed by atoms with van der Waals surface area (Å²) in [6.45, 7) is 0. The molecule has 4 nitrogen and oxygen atoms in total. The van der Waals surface area contributed by atoms with Crippen molar-refractivity contribution in [2.45, 2.75) is 18.6 Å². The Morgan fingerprint density at radius 1 is 1.32 bits per heavy atom. The average molecular weight is 276 g/mol. The number of nitrogens with zero attached hydrogens (tertiary/aromatic N) is 2. The third kappa shape index (κ3) is 2.58. The zero-order valence-electron chi connectivity index (χ0n) is 9.30.